The molecular formula is C12H16BrNO. The van der Waals surface area contributed by atoms with Gasteiger partial charge in [0.25, 0.3) is 0 Å². The Morgan fingerprint density at radius 1 is 1.33 bits per heavy atom. The second-order valence-electron chi connectivity index (χ2n) is 4.28. The molecule has 1 aliphatic heterocycles. The number of hydrogen-bond acceptors (Lipinski definition) is 2. The molecule has 1 aromatic carbocycles. The number of nitrogens with one attached hydrogen (secondary N) is 1. The van der Waals surface area contributed by atoms with E-state index in [1.54, 1.807) is 0 Å². The van der Waals surface area contributed by atoms with Gasteiger partial charge in [0, 0.05) is 10.9 Å². The van der Waals surface area contributed by atoms with E-state index in [1.165, 1.54) is 5.56 Å². The minimum Gasteiger partial charge on any atom is -0.389 e. The summed E-state index contributed by atoms with van der Waals surface area (Å²) in [5.74, 6) is 0. The molecule has 1 aromatic rings. The van der Waals surface area contributed by atoms with Crippen LogP contribution in [0, 0.1) is 0 Å². The van der Waals surface area contributed by atoms with Crippen molar-refractivity contribution in [2.45, 2.75) is 24.9 Å². The van der Waals surface area contributed by atoms with Crippen molar-refractivity contribution in [2.75, 3.05) is 13.1 Å². The van der Waals surface area contributed by atoms with Gasteiger partial charge in [0.05, 0.1) is 5.60 Å². The Labute approximate surface area is 98.8 Å². The molecule has 2 nitrogen and oxygen atoms in total. The predicted octanol–water partition coefficient (Wildman–Crippen LogP) is 2.11. The van der Waals surface area contributed by atoms with E-state index in [-0.39, 0.29) is 0 Å². The number of piperidine rings is 1. The molecule has 1 saturated heterocycles. The first-order chi connectivity index (χ1) is 7.18. The van der Waals surface area contributed by atoms with Crippen molar-refractivity contribution in [2.24, 2.45) is 0 Å². The number of hydrogen-bond donors (Lipinski definition) is 2. The van der Waals surface area contributed by atoms with Gasteiger partial charge < -0.3 is 10.4 Å². The van der Waals surface area contributed by atoms with Gasteiger partial charge in [-0.2, -0.15) is 0 Å². The van der Waals surface area contributed by atoms with Crippen LogP contribution in [0.5, 0.6) is 0 Å². The van der Waals surface area contributed by atoms with Crippen molar-refractivity contribution in [1.82, 2.24) is 5.32 Å². The molecule has 3 heteroatoms. The van der Waals surface area contributed by atoms with Gasteiger partial charge in [-0.25, -0.2) is 0 Å². The van der Waals surface area contributed by atoms with Gasteiger partial charge in [0.2, 0.25) is 0 Å². The summed E-state index contributed by atoms with van der Waals surface area (Å²) in [6.07, 6.45) is 2.45. The Kier molecular flexibility index (Phi) is 3.44. The van der Waals surface area contributed by atoms with E-state index in [0.29, 0.717) is 0 Å². The zero-order valence-corrected chi connectivity index (χ0v) is 10.3. The van der Waals surface area contributed by atoms with Crippen LogP contribution in [0.25, 0.3) is 0 Å². The lowest BCUT2D eigenvalue weighted by atomic mass is 9.86. The van der Waals surface area contributed by atoms with Gasteiger partial charge in [-0.1, -0.05) is 28.1 Å². The van der Waals surface area contributed by atoms with Gasteiger partial charge in [0.1, 0.15) is 0 Å². The third-order valence-corrected chi connectivity index (χ3v) is 3.45. The minimum atomic E-state index is -0.508. The van der Waals surface area contributed by atoms with Crippen LogP contribution in [0.4, 0.5) is 0 Å². The summed E-state index contributed by atoms with van der Waals surface area (Å²) in [6, 6.07) is 8.19. The molecule has 0 bridgehead atoms. The molecule has 0 amide bonds. The fourth-order valence-corrected chi connectivity index (χ4v) is 2.54. The topological polar surface area (TPSA) is 32.3 Å². The normalized spacial score (nSPS) is 20.1. The first kappa shape index (κ1) is 11.1. The van der Waals surface area contributed by atoms with E-state index in [4.69, 9.17) is 0 Å². The third-order valence-electron chi connectivity index (χ3n) is 2.96. The summed E-state index contributed by atoms with van der Waals surface area (Å²) in [4.78, 5) is 0. The van der Waals surface area contributed by atoms with Gasteiger partial charge in [-0.05, 0) is 43.6 Å². The summed E-state index contributed by atoms with van der Waals surface area (Å²) >= 11 is 3.45. The molecule has 1 heterocycles. The molecule has 2 rings (SSSR count). The second-order valence-corrected chi connectivity index (χ2v) is 5.20. The van der Waals surface area contributed by atoms with E-state index in [9.17, 15) is 5.11 Å². The third kappa shape index (κ3) is 3.03. The second kappa shape index (κ2) is 4.64. The van der Waals surface area contributed by atoms with E-state index < -0.39 is 5.60 Å². The van der Waals surface area contributed by atoms with Crippen molar-refractivity contribution >= 4 is 15.9 Å². The van der Waals surface area contributed by atoms with Crippen LogP contribution >= 0.6 is 15.9 Å². The van der Waals surface area contributed by atoms with Crippen molar-refractivity contribution in [3.63, 3.8) is 0 Å². The van der Waals surface area contributed by atoms with Crippen molar-refractivity contribution < 1.29 is 5.11 Å². The Balaban J connectivity index is 2.06. The average molecular weight is 270 g/mol. The fraction of sp³-hybridized carbons (Fsp3) is 0.500. The minimum absolute atomic E-state index is 0.508. The van der Waals surface area contributed by atoms with E-state index in [2.05, 4.69) is 33.4 Å². The monoisotopic (exact) mass is 269 g/mol. The molecule has 0 aliphatic carbocycles. The summed E-state index contributed by atoms with van der Waals surface area (Å²) < 4.78 is 1.08. The van der Waals surface area contributed by atoms with Gasteiger partial charge in [-0.15, -0.1) is 0 Å². The largest absolute Gasteiger partial charge is 0.389 e. The van der Waals surface area contributed by atoms with E-state index >= 15 is 0 Å². The maximum absolute atomic E-state index is 10.4. The smallest absolute Gasteiger partial charge is 0.0712 e. The molecule has 15 heavy (non-hydrogen) atoms. The van der Waals surface area contributed by atoms with Crippen molar-refractivity contribution in [3.8, 4) is 0 Å². The average Bonchev–Trinajstić information content (AvgIpc) is 2.18. The van der Waals surface area contributed by atoms with Crippen LogP contribution in [-0.4, -0.2) is 23.8 Å². The number of halogens is 1. The van der Waals surface area contributed by atoms with Crippen molar-refractivity contribution in [3.05, 3.63) is 34.3 Å². The first-order valence-electron chi connectivity index (χ1n) is 5.36. The molecule has 0 atom stereocenters. The SMILES string of the molecule is OC1(Cc2cccc(Br)c2)CCNCC1. The highest BCUT2D eigenvalue weighted by Gasteiger charge is 2.28. The zero-order valence-electron chi connectivity index (χ0n) is 8.67. The van der Waals surface area contributed by atoms with Crippen LogP contribution in [0.3, 0.4) is 0 Å². The quantitative estimate of drug-likeness (QED) is 0.862. The van der Waals surface area contributed by atoms with Gasteiger partial charge in [0.15, 0.2) is 0 Å². The highest BCUT2D eigenvalue weighted by atomic mass is 79.9. The van der Waals surface area contributed by atoms with E-state index in [0.717, 1.165) is 36.8 Å². The van der Waals surface area contributed by atoms with Crippen molar-refractivity contribution in [1.29, 1.82) is 0 Å². The molecule has 1 fully saturated rings. The molecular weight excluding hydrogens is 254 g/mol. The van der Waals surface area contributed by atoms with Crippen LogP contribution < -0.4 is 5.32 Å². The maximum atomic E-state index is 10.4. The molecule has 0 saturated carbocycles. The molecule has 0 radical (unpaired) electrons. The van der Waals surface area contributed by atoms with Gasteiger partial charge >= 0.3 is 0 Å². The Morgan fingerprint density at radius 3 is 2.73 bits per heavy atom. The van der Waals surface area contributed by atoms with Crippen LogP contribution in [0.15, 0.2) is 28.7 Å². The highest BCUT2D eigenvalue weighted by Crippen LogP contribution is 2.24. The summed E-state index contributed by atoms with van der Waals surface area (Å²) in [5.41, 5.74) is 0.695. The molecule has 0 unspecified atom stereocenters. The molecule has 0 aromatic heterocycles. The lowest BCUT2D eigenvalue weighted by Crippen LogP contribution is -2.43. The summed E-state index contributed by atoms with van der Waals surface area (Å²) in [6.45, 7) is 1.84. The standard InChI is InChI=1S/C12H16BrNO/c13-11-3-1-2-10(8-11)9-12(15)4-6-14-7-5-12/h1-3,8,14-15H,4-7,9H2. The number of benzene rings is 1. The molecule has 1 aliphatic rings. The number of rotatable bonds is 2. The maximum Gasteiger partial charge on any atom is 0.0712 e. The molecule has 2 N–H and O–H groups in total. The predicted molar refractivity (Wildman–Crippen MR) is 64.9 cm³/mol. The van der Waals surface area contributed by atoms with E-state index in [1.807, 2.05) is 12.1 Å². The highest BCUT2D eigenvalue weighted by molar-refractivity contribution is 9.10. The van der Waals surface area contributed by atoms with Crippen LogP contribution in [-0.2, 0) is 6.42 Å². The molecule has 82 valence electrons. The zero-order chi connectivity index (χ0) is 10.7. The lowest BCUT2D eigenvalue weighted by molar-refractivity contribution is 0.0109. The summed E-state index contributed by atoms with van der Waals surface area (Å²) in [7, 11) is 0. The van der Waals surface area contributed by atoms with Crippen LogP contribution in [0.1, 0.15) is 18.4 Å². The number of aliphatic hydroxyl groups is 1. The Bertz CT molecular complexity index is 334. The fourth-order valence-electron chi connectivity index (χ4n) is 2.10. The first-order valence-corrected chi connectivity index (χ1v) is 6.15. The Morgan fingerprint density at radius 2 is 2.07 bits per heavy atom. The molecule has 0 spiro atoms. The van der Waals surface area contributed by atoms with Gasteiger partial charge in [-0.3, -0.25) is 0 Å². The van der Waals surface area contributed by atoms with Crippen LogP contribution in [0.2, 0.25) is 0 Å². The Hall–Kier alpha value is -0.380. The summed E-state index contributed by atoms with van der Waals surface area (Å²) in [5, 5.41) is 13.6. The lowest BCUT2D eigenvalue weighted by Gasteiger charge is -2.32.